The molecule has 1 aromatic heterocycles. The molecule has 0 spiro atoms. The van der Waals surface area contributed by atoms with Gasteiger partial charge in [0, 0.05) is 12.1 Å². The smallest absolute Gasteiger partial charge is 0.307 e. The van der Waals surface area contributed by atoms with Crippen LogP contribution < -0.4 is 0 Å². The van der Waals surface area contributed by atoms with Crippen LogP contribution in [0.15, 0.2) is 18.3 Å². The Morgan fingerprint density at radius 3 is 2.73 bits per heavy atom. The lowest BCUT2D eigenvalue weighted by Crippen LogP contribution is -2.03. The molecule has 1 aliphatic carbocycles. The van der Waals surface area contributed by atoms with Crippen molar-refractivity contribution in [1.29, 1.82) is 0 Å². The highest BCUT2D eigenvalue weighted by Crippen LogP contribution is 2.64. The molecule has 0 amide bonds. The van der Waals surface area contributed by atoms with Crippen molar-refractivity contribution in [1.82, 2.24) is 4.98 Å². The van der Waals surface area contributed by atoms with Crippen molar-refractivity contribution in [2.24, 2.45) is 11.3 Å². The quantitative estimate of drug-likeness (QED) is 0.810. The number of halogens is 1. The van der Waals surface area contributed by atoms with Gasteiger partial charge in [-0.25, -0.2) is 4.39 Å². The van der Waals surface area contributed by atoms with E-state index < -0.39 is 23.1 Å². The van der Waals surface area contributed by atoms with Crippen LogP contribution in [0.25, 0.3) is 0 Å². The van der Waals surface area contributed by atoms with Gasteiger partial charge in [0.15, 0.2) is 0 Å². The van der Waals surface area contributed by atoms with Crippen LogP contribution in [-0.4, -0.2) is 16.1 Å². The van der Waals surface area contributed by atoms with E-state index in [-0.39, 0.29) is 11.6 Å². The number of carbonyl (C=O) groups is 1. The Morgan fingerprint density at radius 2 is 2.27 bits per heavy atom. The van der Waals surface area contributed by atoms with Gasteiger partial charge in [0.2, 0.25) is 0 Å². The lowest BCUT2D eigenvalue weighted by atomic mass is 10.1. The molecule has 0 saturated heterocycles. The van der Waals surface area contributed by atoms with E-state index in [4.69, 9.17) is 5.11 Å². The number of carboxylic acids is 1. The van der Waals surface area contributed by atoms with Crippen molar-refractivity contribution in [2.75, 3.05) is 0 Å². The maximum Gasteiger partial charge on any atom is 0.307 e. The van der Waals surface area contributed by atoms with Crippen LogP contribution in [0.4, 0.5) is 4.39 Å². The average Bonchev–Trinajstić information content (AvgIpc) is 2.70. The van der Waals surface area contributed by atoms with Gasteiger partial charge in [0.05, 0.1) is 11.6 Å². The summed E-state index contributed by atoms with van der Waals surface area (Å²) in [5.41, 5.74) is -0.129. The molecule has 0 aromatic carbocycles. The number of hydrogen-bond acceptors (Lipinski definition) is 2. The zero-order valence-electron chi connectivity index (χ0n) is 8.57. The molecule has 0 radical (unpaired) electrons. The van der Waals surface area contributed by atoms with Gasteiger partial charge in [-0.1, -0.05) is 13.8 Å². The predicted octanol–water partition coefficient (Wildman–Crippen LogP) is 2.04. The van der Waals surface area contributed by atoms with Gasteiger partial charge in [-0.2, -0.15) is 0 Å². The third-order valence-electron chi connectivity index (χ3n) is 3.17. The maximum atomic E-state index is 13.4. The summed E-state index contributed by atoms with van der Waals surface area (Å²) in [5.74, 6) is -2.13. The van der Waals surface area contributed by atoms with E-state index in [1.165, 1.54) is 18.3 Å². The second-order valence-corrected chi connectivity index (χ2v) is 4.49. The van der Waals surface area contributed by atoms with Crippen LogP contribution in [-0.2, 0) is 4.79 Å². The number of carboxylic acid groups (broad SMARTS) is 1. The molecule has 2 unspecified atom stereocenters. The first-order valence-electron chi connectivity index (χ1n) is 4.79. The maximum absolute atomic E-state index is 13.4. The Labute approximate surface area is 87.0 Å². The molecule has 0 aliphatic heterocycles. The van der Waals surface area contributed by atoms with Crippen molar-refractivity contribution < 1.29 is 14.3 Å². The summed E-state index contributed by atoms with van der Waals surface area (Å²) in [7, 11) is 0. The minimum atomic E-state index is -0.880. The Hall–Kier alpha value is -1.45. The molecular weight excluding hydrogens is 197 g/mol. The highest BCUT2D eigenvalue weighted by molar-refractivity contribution is 5.77. The van der Waals surface area contributed by atoms with Gasteiger partial charge < -0.3 is 5.11 Å². The van der Waals surface area contributed by atoms with E-state index in [0.29, 0.717) is 0 Å². The summed E-state index contributed by atoms with van der Waals surface area (Å²) < 4.78 is 13.4. The normalized spacial score (nSPS) is 27.4. The zero-order valence-corrected chi connectivity index (χ0v) is 8.57. The monoisotopic (exact) mass is 209 g/mol. The lowest BCUT2D eigenvalue weighted by Gasteiger charge is -2.02. The van der Waals surface area contributed by atoms with Crippen LogP contribution in [0, 0.1) is 17.2 Å². The average molecular weight is 209 g/mol. The van der Waals surface area contributed by atoms with Crippen LogP contribution >= 0.6 is 0 Å². The van der Waals surface area contributed by atoms with Gasteiger partial charge in [-0.15, -0.1) is 0 Å². The highest BCUT2D eigenvalue weighted by atomic mass is 19.1. The number of aliphatic carboxylic acids is 1. The summed E-state index contributed by atoms with van der Waals surface area (Å²) in [5, 5.41) is 8.96. The largest absolute Gasteiger partial charge is 0.481 e. The number of aromatic nitrogens is 1. The van der Waals surface area contributed by atoms with Crippen molar-refractivity contribution in [3.05, 3.63) is 29.8 Å². The van der Waals surface area contributed by atoms with Crippen molar-refractivity contribution in [3.63, 3.8) is 0 Å². The molecule has 1 heterocycles. The summed E-state index contributed by atoms with van der Waals surface area (Å²) in [6, 6.07) is 2.82. The second kappa shape index (κ2) is 3.02. The molecule has 0 bridgehead atoms. The third-order valence-corrected chi connectivity index (χ3v) is 3.17. The van der Waals surface area contributed by atoms with Crippen LogP contribution in [0.2, 0.25) is 0 Å². The Balaban J connectivity index is 2.36. The minimum absolute atomic E-state index is 0.273. The SMILES string of the molecule is CC1(C)C(C(=O)O)C1c1ncccc1F. The molecule has 2 rings (SSSR count). The number of hydrogen-bond donors (Lipinski definition) is 1. The van der Waals surface area contributed by atoms with Crippen molar-refractivity contribution in [2.45, 2.75) is 19.8 Å². The summed E-state index contributed by atoms with van der Waals surface area (Å²) >= 11 is 0. The van der Waals surface area contributed by atoms with Crippen LogP contribution in [0.3, 0.4) is 0 Å². The van der Waals surface area contributed by atoms with E-state index in [9.17, 15) is 9.18 Å². The first-order chi connectivity index (χ1) is 6.96. The van der Waals surface area contributed by atoms with E-state index in [2.05, 4.69) is 4.98 Å². The zero-order chi connectivity index (χ0) is 11.2. The van der Waals surface area contributed by atoms with Gasteiger partial charge in [-0.3, -0.25) is 9.78 Å². The molecule has 1 N–H and O–H groups in total. The number of nitrogens with zero attached hydrogens (tertiary/aromatic N) is 1. The molecule has 1 aromatic rings. The first-order valence-corrected chi connectivity index (χ1v) is 4.79. The summed E-state index contributed by atoms with van der Waals surface area (Å²) in [4.78, 5) is 14.9. The van der Waals surface area contributed by atoms with E-state index in [1.54, 1.807) is 0 Å². The fourth-order valence-electron chi connectivity index (χ4n) is 2.24. The molecule has 3 nitrogen and oxygen atoms in total. The van der Waals surface area contributed by atoms with Crippen molar-refractivity contribution in [3.8, 4) is 0 Å². The second-order valence-electron chi connectivity index (χ2n) is 4.49. The molecule has 1 aliphatic rings. The predicted molar refractivity (Wildman–Crippen MR) is 51.8 cm³/mol. The molecule has 80 valence electrons. The van der Waals surface area contributed by atoms with Gasteiger partial charge in [0.25, 0.3) is 0 Å². The molecule has 4 heteroatoms. The standard InChI is InChI=1S/C11H12FNO2/c1-11(2)7(8(11)10(14)15)9-6(12)4-3-5-13-9/h3-5,7-8H,1-2H3,(H,14,15). The topological polar surface area (TPSA) is 50.2 Å². The lowest BCUT2D eigenvalue weighted by molar-refractivity contribution is -0.139. The van der Waals surface area contributed by atoms with Crippen molar-refractivity contribution >= 4 is 5.97 Å². The van der Waals surface area contributed by atoms with Crippen LogP contribution in [0.5, 0.6) is 0 Å². The Morgan fingerprint density at radius 1 is 1.60 bits per heavy atom. The summed E-state index contributed by atoms with van der Waals surface area (Å²) in [6.45, 7) is 3.65. The summed E-state index contributed by atoms with van der Waals surface area (Å²) in [6.07, 6.45) is 1.49. The number of pyridine rings is 1. The minimum Gasteiger partial charge on any atom is -0.481 e. The van der Waals surface area contributed by atoms with Gasteiger partial charge >= 0.3 is 5.97 Å². The molecular formula is C11H12FNO2. The molecule has 2 atom stereocenters. The highest BCUT2D eigenvalue weighted by Gasteiger charge is 2.64. The Kier molecular flexibility index (Phi) is 2.03. The molecule has 15 heavy (non-hydrogen) atoms. The molecule has 1 saturated carbocycles. The first kappa shape index (κ1) is 10.1. The van der Waals surface area contributed by atoms with E-state index in [1.807, 2.05) is 13.8 Å². The van der Waals surface area contributed by atoms with Crippen LogP contribution in [0.1, 0.15) is 25.5 Å². The van der Waals surface area contributed by atoms with E-state index >= 15 is 0 Å². The van der Waals surface area contributed by atoms with E-state index in [0.717, 1.165) is 0 Å². The van der Waals surface area contributed by atoms with Gasteiger partial charge in [0.1, 0.15) is 5.82 Å². The molecule has 1 fully saturated rings. The Bertz CT molecular complexity index is 417. The number of rotatable bonds is 2. The van der Waals surface area contributed by atoms with Gasteiger partial charge in [-0.05, 0) is 17.5 Å². The third kappa shape index (κ3) is 1.40. The fraction of sp³-hybridized carbons (Fsp3) is 0.455. The fourth-order valence-corrected chi connectivity index (χ4v) is 2.24.